The highest BCUT2D eigenvalue weighted by Gasteiger charge is 2.66. The number of rotatable bonds is 10. The minimum absolute atomic E-state index is 0.0866. The molecule has 0 saturated carbocycles. The van der Waals surface area contributed by atoms with E-state index < -0.39 is 20.0 Å². The zero-order chi connectivity index (χ0) is 36.6. The van der Waals surface area contributed by atoms with Gasteiger partial charge in [0.15, 0.2) is 13.9 Å². The summed E-state index contributed by atoms with van der Waals surface area (Å²) >= 11 is 3.66. The first kappa shape index (κ1) is 36.7. The van der Waals surface area contributed by atoms with E-state index in [1.807, 2.05) is 102 Å². The first-order chi connectivity index (χ1) is 25.0. The van der Waals surface area contributed by atoms with Crippen LogP contribution in [-0.2, 0) is 33.0 Å². The van der Waals surface area contributed by atoms with Crippen molar-refractivity contribution in [2.24, 2.45) is 5.92 Å². The van der Waals surface area contributed by atoms with Gasteiger partial charge in [-0.15, -0.1) is 5.10 Å². The Morgan fingerprint density at radius 3 is 2.50 bits per heavy atom. The van der Waals surface area contributed by atoms with Gasteiger partial charge in [-0.05, 0) is 73.8 Å². The minimum Gasteiger partial charge on any atom is -0.432 e. The monoisotopic (exact) mass is 785 g/mol. The highest BCUT2D eigenvalue weighted by Crippen LogP contribution is 2.60. The van der Waals surface area contributed by atoms with Crippen LogP contribution >= 0.6 is 15.9 Å². The smallest absolute Gasteiger partial charge is 0.264 e. The number of carbonyl (C=O) groups is 2. The van der Waals surface area contributed by atoms with Crippen LogP contribution in [0.5, 0.6) is 0 Å². The Labute approximate surface area is 315 Å². The van der Waals surface area contributed by atoms with Gasteiger partial charge in [-0.3, -0.25) is 14.3 Å². The maximum absolute atomic E-state index is 14.9. The predicted molar refractivity (Wildman–Crippen MR) is 206 cm³/mol. The van der Waals surface area contributed by atoms with Crippen LogP contribution in [0.25, 0.3) is 0 Å². The summed E-state index contributed by atoms with van der Waals surface area (Å²) in [5.74, 6) is -0.537. The number of amides is 2. The highest BCUT2D eigenvalue weighted by molar-refractivity contribution is 9.10. The zero-order valence-corrected chi connectivity index (χ0v) is 32.7. The maximum atomic E-state index is 14.9. The van der Waals surface area contributed by atoms with Crippen LogP contribution in [0.2, 0.25) is 18.6 Å². The third-order valence-electron chi connectivity index (χ3n) is 11.3. The fraction of sp³-hybridized carbons (Fsp3) is 0.450. The number of nitrogens with zero attached hydrogens (tertiary/aromatic N) is 5. The van der Waals surface area contributed by atoms with Crippen molar-refractivity contribution >= 4 is 47.4 Å². The van der Waals surface area contributed by atoms with Crippen molar-refractivity contribution in [2.75, 3.05) is 23.0 Å². The lowest BCUT2D eigenvalue weighted by molar-refractivity contribution is -0.146. The highest BCUT2D eigenvalue weighted by atomic mass is 79.9. The van der Waals surface area contributed by atoms with Gasteiger partial charge in [0.25, 0.3) is 5.91 Å². The first-order valence-corrected chi connectivity index (χ1v) is 22.3. The summed E-state index contributed by atoms with van der Waals surface area (Å²) in [7, 11) is -2.86. The topological polar surface area (TPSA) is 121 Å². The average molecular weight is 787 g/mol. The Morgan fingerprint density at radius 1 is 1.02 bits per heavy atom. The van der Waals surface area contributed by atoms with Crippen LogP contribution in [0.4, 0.5) is 11.4 Å². The van der Waals surface area contributed by atoms with E-state index in [4.69, 9.17) is 4.74 Å². The molecule has 2 N–H and O–H groups in total. The van der Waals surface area contributed by atoms with Gasteiger partial charge < -0.3 is 24.4 Å². The van der Waals surface area contributed by atoms with E-state index >= 15 is 0 Å². The number of halogens is 1. The van der Waals surface area contributed by atoms with Crippen molar-refractivity contribution in [1.29, 1.82) is 0 Å². The number of carbonyl (C=O) groups excluding carboxylic acids is 2. The summed E-state index contributed by atoms with van der Waals surface area (Å²) in [4.78, 5) is 43.2. The van der Waals surface area contributed by atoms with Crippen LogP contribution in [0.3, 0.4) is 0 Å². The maximum Gasteiger partial charge on any atom is 0.264 e. The van der Waals surface area contributed by atoms with Gasteiger partial charge in [-0.2, -0.15) is 0 Å². The first-order valence-electron chi connectivity index (χ1n) is 18.5. The van der Waals surface area contributed by atoms with Crippen LogP contribution in [0.1, 0.15) is 73.8 Å². The molecule has 4 aromatic rings. The fourth-order valence-electron chi connectivity index (χ4n) is 8.77. The van der Waals surface area contributed by atoms with Crippen LogP contribution in [-0.4, -0.2) is 64.3 Å². The van der Waals surface area contributed by atoms with Crippen LogP contribution < -0.4 is 9.80 Å². The fourth-order valence-corrected chi connectivity index (χ4v) is 11.7. The number of hydrogen-bond acceptors (Lipinski definition) is 7. The molecule has 0 radical (unpaired) electrons. The molecule has 12 heteroatoms. The minimum atomic E-state index is -2.86. The van der Waals surface area contributed by atoms with E-state index in [-0.39, 0.29) is 35.8 Å². The van der Waals surface area contributed by atoms with E-state index in [0.29, 0.717) is 31.6 Å². The number of aromatic nitrogens is 3. The standard InChI is InChI=1S/C40H48BrN5O5Si/c1-27-38(52(2,3)50)36(20-22-44-25-34(42-43-44)32(26-47)29-11-7-6-8-12-29)51-40(27)33-23-30(41)16-19-35(33)46(39(40)49)24-28-14-17-31(18-15-28)45-21-10-5-4-9-13-37(45)48/h6-8,11-12,14-19,23,25,27,32,36,38,47,50H,4-5,9-10,13,20-22,24,26H2,1-3H3/t27-,32?,36+,38-,40+/m1/s1. The van der Waals surface area contributed by atoms with E-state index in [9.17, 15) is 19.5 Å². The second kappa shape index (κ2) is 15.0. The Hall–Kier alpha value is -3.68. The Bertz CT molecular complexity index is 1900. The Kier molecular flexibility index (Phi) is 10.6. The van der Waals surface area contributed by atoms with Crippen molar-refractivity contribution in [3.63, 3.8) is 0 Å². The molecule has 2 saturated heterocycles. The second-order valence-electron chi connectivity index (χ2n) is 15.1. The molecule has 1 aromatic heterocycles. The Morgan fingerprint density at radius 2 is 1.77 bits per heavy atom. The summed E-state index contributed by atoms with van der Waals surface area (Å²) in [6.45, 7) is 7.38. The lowest BCUT2D eigenvalue weighted by Crippen LogP contribution is -2.46. The van der Waals surface area contributed by atoms with Gasteiger partial charge in [-0.1, -0.05) is 83.4 Å². The number of hydrogen-bond donors (Lipinski definition) is 2. The van der Waals surface area contributed by atoms with E-state index in [2.05, 4.69) is 33.2 Å². The molecule has 2 fully saturated rings. The van der Waals surface area contributed by atoms with E-state index in [0.717, 1.165) is 64.8 Å². The van der Waals surface area contributed by atoms with E-state index in [1.165, 1.54) is 0 Å². The molecule has 5 atom stereocenters. The molecule has 3 aliphatic heterocycles. The molecule has 274 valence electrons. The second-order valence-corrected chi connectivity index (χ2v) is 20.0. The number of benzene rings is 3. The molecule has 1 unspecified atom stereocenters. The molecule has 0 aliphatic carbocycles. The lowest BCUT2D eigenvalue weighted by atomic mass is 9.82. The van der Waals surface area contributed by atoms with E-state index in [1.54, 1.807) is 4.68 Å². The van der Waals surface area contributed by atoms with Gasteiger partial charge in [-0.25, -0.2) is 0 Å². The third kappa shape index (κ3) is 6.91. The summed E-state index contributed by atoms with van der Waals surface area (Å²) in [5, 5.41) is 19.0. The van der Waals surface area contributed by atoms with Gasteiger partial charge in [0.1, 0.15) is 0 Å². The molecule has 2 amide bonds. The Balaban J connectivity index is 1.14. The number of aryl methyl sites for hydroxylation is 1. The number of aliphatic hydroxyl groups is 1. The van der Waals surface area contributed by atoms with Gasteiger partial charge in [0, 0.05) is 52.9 Å². The van der Waals surface area contributed by atoms with Crippen molar-refractivity contribution in [2.45, 2.75) is 94.8 Å². The van der Waals surface area contributed by atoms with Gasteiger partial charge in [0.2, 0.25) is 5.91 Å². The SMILES string of the molecule is C[C@@H]1[C@@H]([Si](C)(C)O)[C@H](CCn2cc(C(CO)c3ccccc3)nn2)O[C@@]12C(=O)N(Cc1ccc(N3CCCCCCC3=O)cc1)c1ccc(Br)cc12. The number of ether oxygens (including phenoxy) is 1. The van der Waals surface area contributed by atoms with Crippen LogP contribution in [0, 0.1) is 5.92 Å². The summed E-state index contributed by atoms with van der Waals surface area (Å²) in [6.07, 6.45) is 6.73. The van der Waals surface area contributed by atoms with Crippen molar-refractivity contribution < 1.29 is 24.2 Å². The molecule has 7 rings (SSSR count). The lowest BCUT2D eigenvalue weighted by Gasteiger charge is -2.32. The molecular weight excluding hydrogens is 738 g/mol. The molecule has 1 spiro atoms. The normalized spacial score (nSPS) is 24.3. The van der Waals surface area contributed by atoms with Crippen LogP contribution in [0.15, 0.2) is 83.5 Å². The number of fused-ring (bicyclic) bond motifs is 2. The molecular formula is C40H48BrN5O5Si. The summed E-state index contributed by atoms with van der Waals surface area (Å²) in [6, 6.07) is 23.7. The van der Waals surface area contributed by atoms with Gasteiger partial charge >= 0.3 is 0 Å². The molecule has 3 aliphatic rings. The average Bonchev–Trinajstić information content (AvgIpc) is 3.77. The largest absolute Gasteiger partial charge is 0.432 e. The number of anilines is 2. The summed E-state index contributed by atoms with van der Waals surface area (Å²) in [5.41, 5.74) is 3.62. The molecule has 0 bridgehead atoms. The number of aliphatic hydroxyl groups excluding tert-OH is 1. The zero-order valence-electron chi connectivity index (χ0n) is 30.1. The molecule has 4 heterocycles. The van der Waals surface area contributed by atoms with Crippen molar-refractivity contribution in [1.82, 2.24) is 15.0 Å². The molecule has 10 nitrogen and oxygen atoms in total. The van der Waals surface area contributed by atoms with Crippen molar-refractivity contribution in [3.05, 3.63) is 106 Å². The quantitative estimate of drug-likeness (QED) is 0.168. The molecule has 3 aromatic carbocycles. The third-order valence-corrected chi connectivity index (χ3v) is 14.3. The predicted octanol–water partition coefficient (Wildman–Crippen LogP) is 6.90. The summed E-state index contributed by atoms with van der Waals surface area (Å²) < 4.78 is 9.66. The van der Waals surface area contributed by atoms with Crippen molar-refractivity contribution in [3.8, 4) is 0 Å². The van der Waals surface area contributed by atoms with Gasteiger partial charge in [0.05, 0.1) is 36.6 Å². The molecule has 52 heavy (non-hydrogen) atoms.